The summed E-state index contributed by atoms with van der Waals surface area (Å²) >= 11 is 0. The van der Waals surface area contributed by atoms with E-state index in [4.69, 9.17) is 0 Å². The Hall–Kier alpha value is -0.880. The van der Waals surface area contributed by atoms with Crippen LogP contribution in [0.5, 0.6) is 0 Å². The first kappa shape index (κ1) is 16.2. The summed E-state index contributed by atoms with van der Waals surface area (Å²) in [7, 11) is -1.72. The predicted molar refractivity (Wildman–Crippen MR) is 76.5 cm³/mol. The molecule has 0 spiro atoms. The van der Waals surface area contributed by atoms with Gasteiger partial charge in [-0.15, -0.1) is 0 Å². The van der Waals surface area contributed by atoms with Gasteiger partial charge in [0, 0.05) is 19.3 Å². The number of aromatic nitrogens is 2. The van der Waals surface area contributed by atoms with Crippen LogP contribution in [-0.4, -0.2) is 24.2 Å². The van der Waals surface area contributed by atoms with Gasteiger partial charge in [0.25, 0.3) is 0 Å². The summed E-state index contributed by atoms with van der Waals surface area (Å²) in [6.07, 6.45) is 7.04. The predicted octanol–water partition coefficient (Wildman–Crippen LogP) is 2.37. The average Bonchev–Trinajstić information content (AvgIpc) is 2.64. The van der Waals surface area contributed by atoms with E-state index in [0.717, 1.165) is 19.3 Å². The van der Waals surface area contributed by atoms with Gasteiger partial charge in [-0.05, 0) is 20.3 Å². The molecule has 0 aliphatic carbocycles. The molecule has 0 aromatic carbocycles. The van der Waals surface area contributed by atoms with E-state index in [1.54, 1.807) is 20.2 Å². The van der Waals surface area contributed by atoms with E-state index in [0.29, 0.717) is 5.69 Å². The lowest BCUT2D eigenvalue weighted by Gasteiger charge is -2.13. The fourth-order valence-electron chi connectivity index (χ4n) is 2.11. The minimum atomic E-state index is -3.45. The molecule has 1 unspecified atom stereocenters. The minimum Gasteiger partial charge on any atom is -0.274 e. The van der Waals surface area contributed by atoms with Gasteiger partial charge in [0.05, 0.1) is 5.69 Å². The highest BCUT2D eigenvalue weighted by Gasteiger charge is 2.21. The van der Waals surface area contributed by atoms with Crippen molar-refractivity contribution in [3.05, 3.63) is 11.9 Å². The van der Waals surface area contributed by atoms with E-state index < -0.39 is 10.0 Å². The van der Waals surface area contributed by atoms with Gasteiger partial charge in [0.1, 0.15) is 4.90 Å². The quantitative estimate of drug-likeness (QED) is 0.747. The molecule has 0 fully saturated rings. The summed E-state index contributed by atoms with van der Waals surface area (Å²) in [5.41, 5.74) is 0.535. The second kappa shape index (κ2) is 7.05. The zero-order valence-corrected chi connectivity index (χ0v) is 13.1. The normalized spacial score (nSPS) is 13.7. The molecule has 1 atom stereocenters. The number of unbranched alkanes of at least 4 members (excludes halogenated alkanes) is 3. The van der Waals surface area contributed by atoms with E-state index in [9.17, 15) is 8.42 Å². The molecule has 5 nitrogen and oxygen atoms in total. The van der Waals surface area contributed by atoms with Crippen LogP contribution >= 0.6 is 0 Å². The van der Waals surface area contributed by atoms with Crippen LogP contribution in [0.1, 0.15) is 51.6 Å². The number of aryl methyl sites for hydroxylation is 2. The van der Waals surface area contributed by atoms with Crippen LogP contribution in [0.15, 0.2) is 11.1 Å². The number of hydrogen-bond donors (Lipinski definition) is 1. The molecule has 0 aliphatic rings. The molecule has 19 heavy (non-hydrogen) atoms. The smallest absolute Gasteiger partial charge is 0.244 e. The largest absolute Gasteiger partial charge is 0.274 e. The van der Waals surface area contributed by atoms with Crippen molar-refractivity contribution in [2.45, 2.75) is 63.8 Å². The Morgan fingerprint density at radius 3 is 2.58 bits per heavy atom. The van der Waals surface area contributed by atoms with Crippen LogP contribution in [0.2, 0.25) is 0 Å². The van der Waals surface area contributed by atoms with Crippen LogP contribution in [0, 0.1) is 6.92 Å². The minimum absolute atomic E-state index is 0.0403. The zero-order valence-electron chi connectivity index (χ0n) is 12.3. The molecule has 1 heterocycles. The lowest BCUT2D eigenvalue weighted by atomic mass is 10.1. The van der Waals surface area contributed by atoms with Crippen LogP contribution in [0.3, 0.4) is 0 Å². The molecule has 0 aliphatic heterocycles. The molecule has 1 rings (SSSR count). The maximum Gasteiger partial charge on any atom is 0.244 e. The SMILES string of the molecule is CCCCCCC(C)NS(=O)(=O)c1cn(C)nc1C. The molecule has 1 aromatic rings. The van der Waals surface area contributed by atoms with Crippen LogP contribution < -0.4 is 4.72 Å². The maximum absolute atomic E-state index is 12.2. The number of nitrogens with one attached hydrogen (secondary N) is 1. The first-order valence-corrected chi connectivity index (χ1v) is 8.37. The highest BCUT2D eigenvalue weighted by molar-refractivity contribution is 7.89. The maximum atomic E-state index is 12.2. The second-order valence-corrected chi connectivity index (χ2v) is 6.81. The highest BCUT2D eigenvalue weighted by Crippen LogP contribution is 2.14. The Balaban J connectivity index is 2.57. The first-order chi connectivity index (χ1) is 8.86. The Morgan fingerprint density at radius 1 is 1.37 bits per heavy atom. The van der Waals surface area contributed by atoms with E-state index in [2.05, 4.69) is 16.7 Å². The van der Waals surface area contributed by atoms with E-state index in [1.165, 1.54) is 17.5 Å². The molecule has 0 amide bonds. The monoisotopic (exact) mass is 287 g/mol. The van der Waals surface area contributed by atoms with Gasteiger partial charge in [-0.3, -0.25) is 4.68 Å². The summed E-state index contributed by atoms with van der Waals surface area (Å²) in [5, 5.41) is 4.07. The van der Waals surface area contributed by atoms with E-state index >= 15 is 0 Å². The fourth-order valence-corrected chi connectivity index (χ4v) is 3.60. The average molecular weight is 287 g/mol. The van der Waals surface area contributed by atoms with Crippen molar-refractivity contribution in [1.29, 1.82) is 0 Å². The van der Waals surface area contributed by atoms with E-state index in [-0.39, 0.29) is 10.9 Å². The van der Waals surface area contributed by atoms with Crippen LogP contribution in [-0.2, 0) is 17.1 Å². The molecular weight excluding hydrogens is 262 g/mol. The summed E-state index contributed by atoms with van der Waals surface area (Å²) in [6.45, 7) is 5.78. The van der Waals surface area contributed by atoms with Crippen molar-refractivity contribution in [3.63, 3.8) is 0 Å². The summed E-state index contributed by atoms with van der Waals surface area (Å²) < 4.78 is 28.6. The van der Waals surface area contributed by atoms with Gasteiger partial charge in [-0.1, -0.05) is 32.6 Å². The first-order valence-electron chi connectivity index (χ1n) is 6.89. The van der Waals surface area contributed by atoms with Crippen LogP contribution in [0.25, 0.3) is 0 Å². The van der Waals surface area contributed by atoms with Crippen molar-refractivity contribution < 1.29 is 8.42 Å². The molecule has 110 valence electrons. The lowest BCUT2D eigenvalue weighted by molar-refractivity contribution is 0.521. The third kappa shape index (κ3) is 4.95. The number of hydrogen-bond acceptors (Lipinski definition) is 3. The van der Waals surface area contributed by atoms with E-state index in [1.807, 2.05) is 6.92 Å². The van der Waals surface area contributed by atoms with Crippen molar-refractivity contribution >= 4 is 10.0 Å². The molecule has 0 saturated carbocycles. The third-order valence-corrected chi connectivity index (χ3v) is 4.80. The Kier molecular flexibility index (Phi) is 6.00. The lowest BCUT2D eigenvalue weighted by Crippen LogP contribution is -2.32. The van der Waals surface area contributed by atoms with Crippen molar-refractivity contribution in [2.24, 2.45) is 7.05 Å². The van der Waals surface area contributed by atoms with Gasteiger partial charge in [0.15, 0.2) is 0 Å². The second-order valence-electron chi connectivity index (χ2n) is 5.12. The standard InChI is InChI=1S/C13H25N3O2S/c1-5-6-7-8-9-11(2)15-19(17,18)13-10-16(4)14-12(13)3/h10-11,15H,5-9H2,1-4H3. The highest BCUT2D eigenvalue weighted by atomic mass is 32.2. The van der Waals surface area contributed by atoms with Gasteiger partial charge >= 0.3 is 0 Å². The molecule has 1 aromatic heterocycles. The van der Waals surface area contributed by atoms with Gasteiger partial charge in [-0.2, -0.15) is 5.10 Å². The number of sulfonamides is 1. The van der Waals surface area contributed by atoms with Crippen molar-refractivity contribution in [3.8, 4) is 0 Å². The Labute approximate surface area is 116 Å². The van der Waals surface area contributed by atoms with Crippen LogP contribution in [0.4, 0.5) is 0 Å². The van der Waals surface area contributed by atoms with Crippen molar-refractivity contribution in [2.75, 3.05) is 0 Å². The Bertz CT molecular complexity index is 494. The topological polar surface area (TPSA) is 64.0 Å². The summed E-state index contributed by atoms with van der Waals surface area (Å²) in [4.78, 5) is 0.274. The number of nitrogens with zero attached hydrogens (tertiary/aromatic N) is 2. The molecule has 6 heteroatoms. The zero-order chi connectivity index (χ0) is 14.5. The van der Waals surface area contributed by atoms with Gasteiger partial charge in [-0.25, -0.2) is 13.1 Å². The molecule has 1 N–H and O–H groups in total. The van der Waals surface area contributed by atoms with Crippen molar-refractivity contribution in [1.82, 2.24) is 14.5 Å². The summed E-state index contributed by atoms with van der Waals surface area (Å²) in [5.74, 6) is 0. The molecule has 0 bridgehead atoms. The molecule has 0 radical (unpaired) electrons. The Morgan fingerprint density at radius 2 is 2.05 bits per heavy atom. The molecular formula is C13H25N3O2S. The van der Waals surface area contributed by atoms with Gasteiger partial charge < -0.3 is 0 Å². The third-order valence-electron chi connectivity index (χ3n) is 3.10. The fraction of sp³-hybridized carbons (Fsp3) is 0.769. The number of rotatable bonds is 8. The van der Waals surface area contributed by atoms with Gasteiger partial charge in [0.2, 0.25) is 10.0 Å². The molecule has 0 saturated heterocycles. The summed E-state index contributed by atoms with van der Waals surface area (Å²) in [6, 6.07) is -0.0403.